The van der Waals surface area contributed by atoms with Gasteiger partial charge in [-0.2, -0.15) is 0 Å². The molecule has 30 heavy (non-hydrogen) atoms. The van der Waals surface area contributed by atoms with Gasteiger partial charge in [0.25, 0.3) is 5.91 Å². The summed E-state index contributed by atoms with van der Waals surface area (Å²) in [5.74, 6) is 0.471. The summed E-state index contributed by atoms with van der Waals surface area (Å²) in [5, 5.41) is 0. The van der Waals surface area contributed by atoms with E-state index in [1.165, 1.54) is 10.5 Å². The molecular weight excluding hydrogens is 374 g/mol. The number of hydrogen-bond donors (Lipinski definition) is 0. The minimum absolute atomic E-state index is 0.0410. The Kier molecular flexibility index (Phi) is 5.91. The third-order valence-electron chi connectivity index (χ3n) is 6.85. The lowest BCUT2D eigenvalue weighted by atomic mass is 9.85. The van der Waals surface area contributed by atoms with Gasteiger partial charge in [0.05, 0.1) is 0 Å². The molecule has 4 rings (SSSR count). The van der Waals surface area contributed by atoms with Crippen molar-refractivity contribution in [3.05, 3.63) is 71.8 Å². The van der Waals surface area contributed by atoms with E-state index in [1.54, 1.807) is 7.05 Å². The number of carbonyl (C=O) groups is 2. The zero-order valence-corrected chi connectivity index (χ0v) is 18.0. The van der Waals surface area contributed by atoms with Crippen molar-refractivity contribution in [3.8, 4) is 0 Å². The van der Waals surface area contributed by atoms with E-state index >= 15 is 0 Å². The van der Waals surface area contributed by atoms with E-state index in [4.69, 9.17) is 0 Å². The molecule has 0 unspecified atom stereocenters. The number of piperidine rings is 1. The van der Waals surface area contributed by atoms with Gasteiger partial charge in [-0.15, -0.1) is 0 Å². The van der Waals surface area contributed by atoms with Gasteiger partial charge in [0, 0.05) is 26.7 Å². The number of imide groups is 1. The molecule has 0 radical (unpaired) electrons. The lowest BCUT2D eigenvalue weighted by Gasteiger charge is -2.42. The number of urea groups is 1. The van der Waals surface area contributed by atoms with Crippen molar-refractivity contribution in [1.82, 2.24) is 14.7 Å². The minimum atomic E-state index is -0.691. The second kappa shape index (κ2) is 8.60. The van der Waals surface area contributed by atoms with E-state index < -0.39 is 5.54 Å². The van der Waals surface area contributed by atoms with Gasteiger partial charge in [0.2, 0.25) is 0 Å². The van der Waals surface area contributed by atoms with Gasteiger partial charge in [-0.25, -0.2) is 4.79 Å². The second-order valence-electron chi connectivity index (χ2n) is 8.69. The van der Waals surface area contributed by atoms with E-state index in [2.05, 4.69) is 42.2 Å². The molecule has 2 aliphatic heterocycles. The van der Waals surface area contributed by atoms with E-state index in [1.807, 2.05) is 35.2 Å². The quantitative estimate of drug-likeness (QED) is 0.680. The fourth-order valence-corrected chi connectivity index (χ4v) is 4.82. The summed E-state index contributed by atoms with van der Waals surface area (Å²) in [4.78, 5) is 31.5. The number of benzene rings is 2. The van der Waals surface area contributed by atoms with Crippen LogP contribution in [0.3, 0.4) is 0 Å². The molecule has 0 aromatic heterocycles. The highest BCUT2D eigenvalue weighted by molar-refractivity contribution is 6.06. The predicted molar refractivity (Wildman–Crippen MR) is 118 cm³/mol. The molecule has 2 aromatic rings. The number of carbonyl (C=O) groups excluding carboxylic acids is 2. The molecule has 5 heteroatoms. The van der Waals surface area contributed by atoms with Crippen molar-refractivity contribution in [1.29, 1.82) is 0 Å². The fraction of sp³-hybridized carbons (Fsp3) is 0.440. The van der Waals surface area contributed by atoms with Crippen LogP contribution in [0.4, 0.5) is 4.79 Å². The van der Waals surface area contributed by atoms with Gasteiger partial charge < -0.3 is 9.80 Å². The fourth-order valence-electron chi connectivity index (χ4n) is 4.82. The van der Waals surface area contributed by atoms with Crippen LogP contribution in [-0.2, 0) is 11.3 Å². The van der Waals surface area contributed by atoms with Crippen LogP contribution in [0.1, 0.15) is 43.2 Å². The number of likely N-dealkylation sites (N-methyl/N-ethyl adjacent to an activating group) is 1. The smallest absolute Gasteiger partial charge is 0.305 e. The molecule has 0 bridgehead atoms. The van der Waals surface area contributed by atoms with E-state index in [-0.39, 0.29) is 11.9 Å². The third kappa shape index (κ3) is 3.86. The van der Waals surface area contributed by atoms with Crippen molar-refractivity contribution in [2.45, 2.75) is 44.2 Å². The minimum Gasteiger partial charge on any atom is -0.305 e. The number of rotatable bonds is 6. The average molecular weight is 406 g/mol. The molecule has 2 aliphatic rings. The van der Waals surface area contributed by atoms with E-state index in [9.17, 15) is 9.59 Å². The highest BCUT2D eigenvalue weighted by Gasteiger charge is 2.56. The number of hydrogen-bond acceptors (Lipinski definition) is 3. The molecule has 2 heterocycles. The maximum absolute atomic E-state index is 13.1. The zero-order valence-electron chi connectivity index (χ0n) is 18.0. The first-order valence-electron chi connectivity index (χ1n) is 10.9. The van der Waals surface area contributed by atoms with Crippen molar-refractivity contribution in [2.24, 2.45) is 0 Å². The molecule has 2 saturated heterocycles. The molecule has 5 nitrogen and oxygen atoms in total. The molecule has 2 fully saturated rings. The van der Waals surface area contributed by atoms with Gasteiger partial charge in [-0.1, -0.05) is 67.6 Å². The normalized spacial score (nSPS) is 20.2. The molecule has 158 valence electrons. The van der Waals surface area contributed by atoms with Crippen LogP contribution in [0.5, 0.6) is 0 Å². The molecule has 1 atom stereocenters. The summed E-state index contributed by atoms with van der Waals surface area (Å²) < 4.78 is 0. The Labute approximate surface area is 179 Å². The topological polar surface area (TPSA) is 43.9 Å². The summed E-state index contributed by atoms with van der Waals surface area (Å²) in [6, 6.07) is 20.4. The van der Waals surface area contributed by atoms with Gasteiger partial charge in [0.15, 0.2) is 0 Å². The van der Waals surface area contributed by atoms with Crippen LogP contribution in [0.15, 0.2) is 60.7 Å². The first kappa shape index (κ1) is 20.6. The zero-order chi connectivity index (χ0) is 21.1. The van der Waals surface area contributed by atoms with Crippen LogP contribution in [0, 0.1) is 0 Å². The van der Waals surface area contributed by atoms with Crippen molar-refractivity contribution >= 4 is 11.9 Å². The maximum Gasteiger partial charge on any atom is 0.327 e. The number of nitrogens with zero attached hydrogens (tertiary/aromatic N) is 3. The lowest BCUT2D eigenvalue weighted by molar-refractivity contribution is -0.135. The predicted octanol–water partition coefficient (Wildman–Crippen LogP) is 4.11. The standard InChI is InChI=1S/C25H31N3O2/c1-20(22-11-7-4-8-12-22)13-16-27-17-14-25(15-18-27)23(29)26(2)24(30)28(25)19-21-9-5-3-6-10-21/h3-12,20H,13-19H2,1-2H3/t20-/m1/s1. The molecule has 1 spiro atoms. The Balaban J connectivity index is 1.40. The van der Waals surface area contributed by atoms with E-state index in [0.717, 1.165) is 31.6 Å². The lowest BCUT2D eigenvalue weighted by Crippen LogP contribution is -2.56. The molecule has 0 N–H and O–H groups in total. The first-order chi connectivity index (χ1) is 14.5. The van der Waals surface area contributed by atoms with Gasteiger partial charge in [-0.3, -0.25) is 9.69 Å². The molecule has 2 aromatic carbocycles. The second-order valence-corrected chi connectivity index (χ2v) is 8.69. The highest BCUT2D eigenvalue weighted by atomic mass is 16.2. The van der Waals surface area contributed by atoms with Gasteiger partial charge in [-0.05, 0) is 42.9 Å². The Morgan fingerprint density at radius 1 is 0.933 bits per heavy atom. The SMILES string of the molecule is C[C@H](CCN1CCC2(CC1)C(=O)N(C)C(=O)N2Cc1ccccc1)c1ccccc1. The number of amides is 3. The highest BCUT2D eigenvalue weighted by Crippen LogP contribution is 2.38. The first-order valence-corrected chi connectivity index (χ1v) is 10.9. The summed E-state index contributed by atoms with van der Waals surface area (Å²) >= 11 is 0. The van der Waals surface area contributed by atoms with Gasteiger partial charge in [0.1, 0.15) is 5.54 Å². The summed E-state index contributed by atoms with van der Waals surface area (Å²) in [6.07, 6.45) is 2.50. The van der Waals surface area contributed by atoms with Crippen LogP contribution >= 0.6 is 0 Å². The Morgan fingerprint density at radius 2 is 1.53 bits per heavy atom. The maximum atomic E-state index is 13.1. The molecule has 0 saturated carbocycles. The average Bonchev–Trinajstić information content (AvgIpc) is 2.96. The Morgan fingerprint density at radius 3 is 2.17 bits per heavy atom. The Hall–Kier alpha value is -2.66. The van der Waals surface area contributed by atoms with E-state index in [0.29, 0.717) is 25.3 Å². The summed E-state index contributed by atoms with van der Waals surface area (Å²) in [7, 11) is 1.62. The Bertz CT molecular complexity index is 876. The van der Waals surface area contributed by atoms with Crippen molar-refractivity contribution in [3.63, 3.8) is 0 Å². The third-order valence-corrected chi connectivity index (χ3v) is 6.85. The molecule has 3 amide bonds. The van der Waals surface area contributed by atoms with Crippen LogP contribution < -0.4 is 0 Å². The van der Waals surface area contributed by atoms with Crippen LogP contribution in [0.25, 0.3) is 0 Å². The van der Waals surface area contributed by atoms with Crippen LogP contribution in [-0.4, -0.2) is 58.9 Å². The van der Waals surface area contributed by atoms with Crippen molar-refractivity contribution < 1.29 is 9.59 Å². The van der Waals surface area contributed by atoms with Gasteiger partial charge >= 0.3 is 6.03 Å². The molecule has 0 aliphatic carbocycles. The summed E-state index contributed by atoms with van der Waals surface area (Å²) in [6.45, 7) is 5.47. The molecular formula is C25H31N3O2. The van der Waals surface area contributed by atoms with Crippen LogP contribution in [0.2, 0.25) is 0 Å². The van der Waals surface area contributed by atoms with Crippen molar-refractivity contribution in [2.75, 3.05) is 26.7 Å². The number of likely N-dealkylation sites (tertiary alicyclic amines) is 1. The largest absolute Gasteiger partial charge is 0.327 e. The monoisotopic (exact) mass is 405 g/mol. The summed E-state index contributed by atoms with van der Waals surface area (Å²) in [5.41, 5.74) is 1.74.